The van der Waals surface area contributed by atoms with Gasteiger partial charge < -0.3 is 25.6 Å². The average Bonchev–Trinajstić information content (AvgIpc) is 2.75. The Morgan fingerprint density at radius 3 is 2.55 bits per heavy atom. The van der Waals surface area contributed by atoms with Crippen molar-refractivity contribution in [2.75, 3.05) is 13.2 Å². The first-order valence-corrected chi connectivity index (χ1v) is 13.7. The second-order valence-electron chi connectivity index (χ2n) is 9.13. The smallest absolute Gasteiger partial charge is 0.471 e. The summed E-state index contributed by atoms with van der Waals surface area (Å²) in [5.41, 5.74) is 1.20. The van der Waals surface area contributed by atoms with Crippen LogP contribution in [-0.2, 0) is 20.3 Å². The van der Waals surface area contributed by atoms with Gasteiger partial charge in [-0.25, -0.2) is 4.57 Å². The molecule has 9 heteroatoms. The third kappa shape index (κ3) is 10.1. The third-order valence-corrected chi connectivity index (χ3v) is 7.07. The van der Waals surface area contributed by atoms with E-state index in [9.17, 15) is 9.36 Å². The van der Waals surface area contributed by atoms with E-state index in [1.165, 1.54) is 55.4 Å². The molecule has 0 radical (unpaired) electrons. The molecule has 1 heterocycles. The maximum absolute atomic E-state index is 12.2. The summed E-state index contributed by atoms with van der Waals surface area (Å²) in [4.78, 5) is 31.4. The first-order valence-electron chi connectivity index (χ1n) is 12.2. The highest BCUT2D eigenvalue weighted by atomic mass is 31.2. The predicted molar refractivity (Wildman–Crippen MR) is 128 cm³/mol. The number of hydrogen-bond acceptors (Lipinski definition) is 5. The van der Waals surface area contributed by atoms with E-state index in [1.807, 2.05) is 12.1 Å². The summed E-state index contributed by atoms with van der Waals surface area (Å²) in [6, 6.07) is 8.18. The van der Waals surface area contributed by atoms with Crippen molar-refractivity contribution in [2.45, 2.75) is 89.7 Å². The number of rotatable bonds is 13. The lowest BCUT2D eigenvalue weighted by Crippen LogP contribution is -2.51. The zero-order chi connectivity index (χ0) is 22.8. The van der Waals surface area contributed by atoms with E-state index in [0.29, 0.717) is 19.4 Å². The molecule has 1 aromatic carbocycles. The molecule has 1 aliphatic carbocycles. The van der Waals surface area contributed by atoms with Crippen molar-refractivity contribution in [2.24, 2.45) is 5.92 Å². The van der Waals surface area contributed by atoms with Crippen molar-refractivity contribution in [3.05, 3.63) is 29.8 Å². The Bertz CT molecular complexity index is 765. The molecule has 8 nitrogen and oxygen atoms in total. The minimum Gasteiger partial charge on any atom is -0.494 e. The van der Waals surface area contributed by atoms with Crippen LogP contribution in [-0.4, -0.2) is 40.0 Å². The van der Waals surface area contributed by atoms with Crippen molar-refractivity contribution in [3.63, 3.8) is 0 Å². The van der Waals surface area contributed by atoms with Crippen LogP contribution in [0.5, 0.6) is 5.75 Å². The number of amides is 1. The molecule has 5 N–H and O–H groups in total. The topological polar surface area (TPSA) is 131 Å². The van der Waals surface area contributed by atoms with Crippen LogP contribution in [0, 0.1) is 5.92 Å². The molecule has 2 fully saturated rings. The molecule has 1 unspecified atom stereocenters. The van der Waals surface area contributed by atoms with E-state index in [1.54, 1.807) is 0 Å². The Labute approximate surface area is 197 Å². The van der Waals surface area contributed by atoms with Crippen LogP contribution in [0.15, 0.2) is 24.3 Å². The van der Waals surface area contributed by atoms with Gasteiger partial charge in [0.15, 0.2) is 0 Å². The lowest BCUT2D eigenvalue weighted by atomic mass is 9.86. The molecule has 33 heavy (non-hydrogen) atoms. The Kier molecular flexibility index (Phi) is 11.9. The Balaban J connectivity index is 0.00000385. The third-order valence-electron chi connectivity index (χ3n) is 6.55. The van der Waals surface area contributed by atoms with Crippen LogP contribution < -0.4 is 10.9 Å². The van der Waals surface area contributed by atoms with Crippen LogP contribution in [0.25, 0.3) is 0 Å². The van der Waals surface area contributed by atoms with Gasteiger partial charge in [-0.05, 0) is 55.7 Å². The van der Waals surface area contributed by atoms with Gasteiger partial charge in [0, 0.05) is 19.4 Å². The number of nitrogens with zero attached hydrogens (tertiary/aromatic N) is 1. The molecule has 1 saturated carbocycles. The largest absolute Gasteiger partial charge is 0.494 e. The molecule has 3 rings (SSSR count). The lowest BCUT2D eigenvalue weighted by Gasteiger charge is -2.40. The zero-order valence-corrected chi connectivity index (χ0v) is 20.6. The second-order valence-corrected chi connectivity index (χ2v) is 10.3. The number of benzene rings is 1. The van der Waals surface area contributed by atoms with Gasteiger partial charge in [0.2, 0.25) is 5.91 Å². The molecular formula is C24H41N2O6P. The highest BCUT2D eigenvalue weighted by Gasteiger charge is 2.37. The molecule has 0 bridgehead atoms. The van der Waals surface area contributed by atoms with Gasteiger partial charge in [-0.15, -0.1) is 0 Å². The maximum atomic E-state index is 12.2. The van der Waals surface area contributed by atoms with Gasteiger partial charge in [-0.3, -0.25) is 9.32 Å². The van der Waals surface area contributed by atoms with Crippen molar-refractivity contribution >= 4 is 13.7 Å². The Morgan fingerprint density at radius 1 is 1.06 bits per heavy atom. The molecule has 0 spiro atoms. The second kappa shape index (κ2) is 14.1. The van der Waals surface area contributed by atoms with E-state index in [4.69, 9.17) is 14.5 Å². The van der Waals surface area contributed by atoms with Crippen molar-refractivity contribution < 1.29 is 28.4 Å². The quantitative estimate of drug-likeness (QED) is 0.254. The summed E-state index contributed by atoms with van der Waals surface area (Å²) >= 11 is 0. The molecular weight excluding hydrogens is 443 g/mol. The van der Waals surface area contributed by atoms with Crippen LogP contribution in [0.3, 0.4) is 0 Å². The van der Waals surface area contributed by atoms with E-state index >= 15 is 0 Å². The summed E-state index contributed by atoms with van der Waals surface area (Å²) in [6.07, 6.45) is 13.2. The summed E-state index contributed by atoms with van der Waals surface area (Å²) < 4.78 is 21.5. The van der Waals surface area contributed by atoms with E-state index in [0.717, 1.165) is 44.0 Å². The van der Waals surface area contributed by atoms with Gasteiger partial charge in [-0.2, -0.15) is 0 Å². The molecule has 1 saturated heterocycles. The van der Waals surface area contributed by atoms with Crippen LogP contribution >= 0.6 is 7.82 Å². The minimum atomic E-state index is -4.57. The van der Waals surface area contributed by atoms with E-state index in [2.05, 4.69) is 16.7 Å². The van der Waals surface area contributed by atoms with Gasteiger partial charge >= 0.3 is 7.82 Å². The average molecular weight is 485 g/mol. The number of hydrogen-bond donors (Lipinski definition) is 3. The van der Waals surface area contributed by atoms with Crippen LogP contribution in [0.1, 0.15) is 82.6 Å². The summed E-state index contributed by atoms with van der Waals surface area (Å²) in [5, 5.41) is 0. The fourth-order valence-corrected chi connectivity index (χ4v) is 5.19. The number of phosphoric acid groups is 1. The molecule has 2 aliphatic rings. The highest BCUT2D eigenvalue weighted by molar-refractivity contribution is 7.46. The fraction of sp³-hybridized carbons (Fsp3) is 0.708. The van der Waals surface area contributed by atoms with Crippen LogP contribution in [0.4, 0.5) is 0 Å². The van der Waals surface area contributed by atoms with E-state index in [-0.39, 0.29) is 12.1 Å². The van der Waals surface area contributed by atoms with Gasteiger partial charge in [-0.1, -0.05) is 50.7 Å². The highest BCUT2D eigenvalue weighted by Crippen LogP contribution is 2.41. The van der Waals surface area contributed by atoms with E-state index < -0.39 is 14.1 Å². The van der Waals surface area contributed by atoms with Crippen molar-refractivity contribution in [1.82, 2.24) is 11.1 Å². The van der Waals surface area contributed by atoms with Crippen LogP contribution in [0.2, 0.25) is 0 Å². The number of unbranched alkanes of at least 4 members (excludes halogenated alkanes) is 2. The van der Waals surface area contributed by atoms with Gasteiger partial charge in [0.25, 0.3) is 0 Å². The molecule has 188 valence electrons. The summed E-state index contributed by atoms with van der Waals surface area (Å²) in [5.74, 6) is 1.74. The summed E-state index contributed by atoms with van der Waals surface area (Å²) in [7, 11) is -4.57. The number of aryl methyl sites for hydroxylation is 1. The number of ether oxygens (including phenoxy) is 1. The normalized spacial score (nSPS) is 19.0. The molecule has 1 amide bonds. The molecule has 0 aromatic heterocycles. The number of carbonyl (C=O) groups excluding carboxylic acids is 1. The molecule has 1 atom stereocenters. The maximum Gasteiger partial charge on any atom is 0.471 e. The fourth-order valence-electron chi connectivity index (χ4n) is 4.66. The van der Waals surface area contributed by atoms with Gasteiger partial charge in [0.1, 0.15) is 12.0 Å². The van der Waals surface area contributed by atoms with Crippen molar-refractivity contribution in [3.8, 4) is 5.75 Å². The molecule has 1 aromatic rings. The Hall–Kier alpha value is -1.44. The Morgan fingerprint density at radius 2 is 1.85 bits per heavy atom. The zero-order valence-electron chi connectivity index (χ0n) is 19.7. The molecule has 1 aliphatic heterocycles. The predicted octanol–water partition coefficient (Wildman–Crippen LogP) is 5.36. The standard InChI is InChI=1S/C24H38NO6P.H3N/c26-23(25-17-16-24(25)31-32(27,28)29)15-5-4-12-21-13-8-14-22(19-21)30-18-7-6-11-20-9-2-1-3-10-20;/h8,13-14,19-20,24H,1-7,9-12,15-18H2,(H2,27,28,29);1H3. The number of likely N-dealkylation sites (tertiary alicyclic amines) is 1. The van der Waals surface area contributed by atoms with Crippen molar-refractivity contribution in [1.29, 1.82) is 0 Å². The number of carbonyl (C=O) groups is 1. The summed E-state index contributed by atoms with van der Waals surface area (Å²) in [6.45, 7) is 1.25. The first kappa shape index (κ1) is 27.8. The van der Waals surface area contributed by atoms with Gasteiger partial charge in [0.05, 0.1) is 6.61 Å². The monoisotopic (exact) mass is 484 g/mol. The first-order chi connectivity index (χ1) is 15.4. The number of phosphoric ester groups is 1. The minimum absolute atomic E-state index is 0. The SMILES string of the molecule is N.O=C(CCCCc1cccc(OCCCCC2CCCCC2)c1)N1CCC1OP(=O)(O)O. The lowest BCUT2D eigenvalue weighted by molar-refractivity contribution is -0.152.